The van der Waals surface area contributed by atoms with Crippen molar-refractivity contribution in [3.63, 3.8) is 0 Å². The Bertz CT molecular complexity index is 625. The molecule has 0 saturated carbocycles. The van der Waals surface area contributed by atoms with E-state index >= 15 is 0 Å². The lowest BCUT2D eigenvalue weighted by Crippen LogP contribution is -2.48. The Hall–Kier alpha value is -2.02. The predicted octanol–water partition coefficient (Wildman–Crippen LogP) is 1.52. The molecule has 2 amide bonds. The molecule has 0 bridgehead atoms. The van der Waals surface area contributed by atoms with E-state index in [9.17, 15) is 14.4 Å². The summed E-state index contributed by atoms with van der Waals surface area (Å²) in [6.45, 7) is 1.55. The predicted molar refractivity (Wildman–Crippen MR) is 86.5 cm³/mol. The van der Waals surface area contributed by atoms with Crippen molar-refractivity contribution in [2.24, 2.45) is 0 Å². The number of hydrogen-bond donors (Lipinski definition) is 1. The van der Waals surface area contributed by atoms with Crippen molar-refractivity contribution in [1.82, 2.24) is 9.80 Å². The van der Waals surface area contributed by atoms with Crippen LogP contribution >= 0.6 is 11.8 Å². The van der Waals surface area contributed by atoms with Crippen molar-refractivity contribution >= 4 is 29.5 Å². The van der Waals surface area contributed by atoms with Crippen LogP contribution in [-0.2, 0) is 4.79 Å². The molecule has 2 aliphatic rings. The summed E-state index contributed by atoms with van der Waals surface area (Å²) in [4.78, 5) is 39.5. The Kier molecular flexibility index (Phi) is 4.56. The number of hydrogen-bond acceptors (Lipinski definition) is 4. The number of thioether (sulfide) groups is 1. The number of carboxylic acid groups (broad SMARTS) is 1. The molecule has 1 aromatic rings. The minimum atomic E-state index is -1.03. The van der Waals surface area contributed by atoms with E-state index in [0.717, 1.165) is 25.9 Å². The molecule has 3 rings (SSSR count). The normalized spacial score (nSPS) is 20.8. The van der Waals surface area contributed by atoms with Crippen LogP contribution in [0.2, 0.25) is 0 Å². The smallest absolute Gasteiger partial charge is 0.335 e. The lowest BCUT2D eigenvalue weighted by molar-refractivity contribution is -0.133. The molecule has 0 aliphatic carbocycles. The molecule has 2 aliphatic heterocycles. The number of rotatable bonds is 3. The number of amides is 2. The van der Waals surface area contributed by atoms with Crippen molar-refractivity contribution < 1.29 is 19.5 Å². The van der Waals surface area contributed by atoms with E-state index in [4.69, 9.17) is 5.11 Å². The quantitative estimate of drug-likeness (QED) is 0.907. The van der Waals surface area contributed by atoms with Gasteiger partial charge in [0.05, 0.1) is 11.4 Å². The second-order valence-corrected chi connectivity index (χ2v) is 6.71. The zero-order chi connectivity index (χ0) is 16.4. The molecule has 1 atom stereocenters. The van der Waals surface area contributed by atoms with E-state index < -0.39 is 12.0 Å². The highest BCUT2D eigenvalue weighted by Crippen LogP contribution is 2.26. The van der Waals surface area contributed by atoms with Crippen LogP contribution in [0.5, 0.6) is 0 Å². The maximum atomic E-state index is 12.7. The van der Waals surface area contributed by atoms with E-state index in [-0.39, 0.29) is 17.4 Å². The Morgan fingerprint density at radius 3 is 2.26 bits per heavy atom. The maximum Gasteiger partial charge on any atom is 0.335 e. The van der Waals surface area contributed by atoms with Crippen molar-refractivity contribution in [1.29, 1.82) is 0 Å². The zero-order valence-corrected chi connectivity index (χ0v) is 13.4. The number of carboxylic acids is 1. The third-order valence-corrected chi connectivity index (χ3v) is 5.24. The average molecular weight is 334 g/mol. The first-order valence-corrected chi connectivity index (χ1v) is 8.74. The number of benzene rings is 1. The lowest BCUT2D eigenvalue weighted by atomic mass is 10.1. The third-order valence-electron chi connectivity index (χ3n) is 4.22. The summed E-state index contributed by atoms with van der Waals surface area (Å²) in [7, 11) is 0. The van der Waals surface area contributed by atoms with Crippen LogP contribution in [0.1, 0.15) is 33.6 Å². The Morgan fingerprint density at radius 1 is 1.04 bits per heavy atom. The third kappa shape index (κ3) is 3.19. The van der Waals surface area contributed by atoms with Crippen LogP contribution in [0, 0.1) is 0 Å². The van der Waals surface area contributed by atoms with E-state index in [0.29, 0.717) is 17.2 Å². The first kappa shape index (κ1) is 15.9. The van der Waals surface area contributed by atoms with Crippen molar-refractivity contribution in [2.75, 3.05) is 24.7 Å². The molecule has 2 saturated heterocycles. The molecule has 6 nitrogen and oxygen atoms in total. The summed E-state index contributed by atoms with van der Waals surface area (Å²) in [5, 5.41) is 8.91. The fourth-order valence-electron chi connectivity index (χ4n) is 2.92. The number of nitrogens with zero attached hydrogens (tertiary/aromatic N) is 2. The fourth-order valence-corrected chi connectivity index (χ4v) is 4.06. The van der Waals surface area contributed by atoms with Crippen LogP contribution in [0.25, 0.3) is 0 Å². The van der Waals surface area contributed by atoms with Crippen molar-refractivity contribution in [3.8, 4) is 0 Å². The molecule has 0 radical (unpaired) electrons. The number of aromatic carboxylic acids is 1. The molecular formula is C16H18N2O4S. The van der Waals surface area contributed by atoms with Gasteiger partial charge in [-0.15, -0.1) is 11.8 Å². The molecule has 7 heteroatoms. The van der Waals surface area contributed by atoms with Gasteiger partial charge < -0.3 is 14.9 Å². The number of likely N-dealkylation sites (tertiary alicyclic amines) is 1. The summed E-state index contributed by atoms with van der Waals surface area (Å²) in [6, 6.07) is 5.43. The maximum absolute atomic E-state index is 12.7. The number of carbonyl (C=O) groups excluding carboxylic acids is 2. The summed E-state index contributed by atoms with van der Waals surface area (Å²) >= 11 is 1.57. The highest BCUT2D eigenvalue weighted by atomic mass is 32.2. The summed E-state index contributed by atoms with van der Waals surface area (Å²) in [5.74, 6) is -0.104. The summed E-state index contributed by atoms with van der Waals surface area (Å²) in [6.07, 6.45) is 2.05. The van der Waals surface area contributed by atoms with Gasteiger partial charge in [-0.05, 0) is 37.1 Å². The monoisotopic (exact) mass is 334 g/mol. The van der Waals surface area contributed by atoms with Gasteiger partial charge in [-0.1, -0.05) is 0 Å². The van der Waals surface area contributed by atoms with Crippen LogP contribution in [0.4, 0.5) is 0 Å². The molecule has 23 heavy (non-hydrogen) atoms. The van der Waals surface area contributed by atoms with Crippen LogP contribution in [0.15, 0.2) is 24.3 Å². The minimum absolute atomic E-state index is 0.0306. The topological polar surface area (TPSA) is 77.9 Å². The van der Waals surface area contributed by atoms with Crippen LogP contribution in [-0.4, -0.2) is 63.5 Å². The highest BCUT2D eigenvalue weighted by molar-refractivity contribution is 7.99. The van der Waals surface area contributed by atoms with Crippen molar-refractivity contribution in [2.45, 2.75) is 18.9 Å². The van der Waals surface area contributed by atoms with Gasteiger partial charge in [-0.2, -0.15) is 0 Å². The average Bonchev–Trinajstić information content (AvgIpc) is 3.25. The van der Waals surface area contributed by atoms with Gasteiger partial charge in [-0.3, -0.25) is 9.59 Å². The summed E-state index contributed by atoms with van der Waals surface area (Å²) in [5.41, 5.74) is 0.554. The zero-order valence-electron chi connectivity index (χ0n) is 12.6. The Morgan fingerprint density at radius 2 is 1.65 bits per heavy atom. The van der Waals surface area contributed by atoms with Gasteiger partial charge in [0.1, 0.15) is 6.04 Å². The number of carbonyl (C=O) groups is 3. The molecule has 2 heterocycles. The van der Waals surface area contributed by atoms with E-state index in [2.05, 4.69) is 0 Å². The molecule has 1 N–H and O–H groups in total. The van der Waals surface area contributed by atoms with Crippen LogP contribution < -0.4 is 0 Å². The summed E-state index contributed by atoms with van der Waals surface area (Å²) < 4.78 is 0. The molecule has 0 spiro atoms. The van der Waals surface area contributed by atoms with Crippen LogP contribution in [0.3, 0.4) is 0 Å². The minimum Gasteiger partial charge on any atom is -0.478 e. The van der Waals surface area contributed by atoms with E-state index in [1.807, 2.05) is 4.90 Å². The fraction of sp³-hybridized carbons (Fsp3) is 0.438. The molecule has 122 valence electrons. The lowest BCUT2D eigenvalue weighted by Gasteiger charge is -2.27. The van der Waals surface area contributed by atoms with Gasteiger partial charge in [0.2, 0.25) is 5.91 Å². The van der Waals surface area contributed by atoms with Gasteiger partial charge in [-0.25, -0.2) is 4.79 Å². The van der Waals surface area contributed by atoms with Gasteiger partial charge in [0.25, 0.3) is 5.91 Å². The van der Waals surface area contributed by atoms with Gasteiger partial charge >= 0.3 is 5.97 Å². The second-order valence-electron chi connectivity index (χ2n) is 5.71. The first-order chi connectivity index (χ1) is 11.1. The largest absolute Gasteiger partial charge is 0.478 e. The molecule has 1 aromatic carbocycles. The Labute approximate surface area is 138 Å². The Balaban J connectivity index is 1.74. The SMILES string of the molecule is O=C(O)c1ccc(C(=O)N2CSCC2C(=O)N2CCCC2)cc1. The highest BCUT2D eigenvalue weighted by Gasteiger charge is 2.38. The van der Waals surface area contributed by atoms with Gasteiger partial charge in [0.15, 0.2) is 0 Å². The first-order valence-electron chi connectivity index (χ1n) is 7.59. The molecule has 0 aromatic heterocycles. The van der Waals surface area contributed by atoms with Gasteiger partial charge in [0, 0.05) is 24.4 Å². The second kappa shape index (κ2) is 6.62. The molecular weight excluding hydrogens is 316 g/mol. The molecule has 1 unspecified atom stereocenters. The van der Waals surface area contributed by atoms with E-state index in [1.165, 1.54) is 24.3 Å². The molecule has 2 fully saturated rings. The standard InChI is InChI=1S/C16H18N2O4S/c19-14(11-3-5-12(6-4-11)16(21)22)18-10-23-9-13(18)15(20)17-7-1-2-8-17/h3-6,13H,1-2,7-10H2,(H,21,22). The van der Waals surface area contributed by atoms with E-state index in [1.54, 1.807) is 16.7 Å². The van der Waals surface area contributed by atoms with Crippen molar-refractivity contribution in [3.05, 3.63) is 35.4 Å².